The third-order valence-electron chi connectivity index (χ3n) is 3.09. The molecule has 0 amide bonds. The van der Waals surface area contributed by atoms with E-state index < -0.39 is 18.5 Å². The fourth-order valence-electron chi connectivity index (χ4n) is 2.14. The Labute approximate surface area is 120 Å². The molecule has 1 fully saturated rings. The molecule has 0 atom stereocenters. The van der Waals surface area contributed by atoms with E-state index in [4.69, 9.17) is 10.5 Å². The number of benzene rings is 1. The van der Waals surface area contributed by atoms with E-state index in [-0.39, 0.29) is 29.3 Å². The summed E-state index contributed by atoms with van der Waals surface area (Å²) in [4.78, 5) is 1.18. The number of nitrogens with zero attached hydrogens (tertiary/aromatic N) is 1. The zero-order valence-electron chi connectivity index (χ0n) is 11.9. The summed E-state index contributed by atoms with van der Waals surface area (Å²) in [6.07, 6.45) is -3.28. The summed E-state index contributed by atoms with van der Waals surface area (Å²) in [7, 11) is 0. The van der Waals surface area contributed by atoms with Gasteiger partial charge in [-0.2, -0.15) is 13.2 Å². The van der Waals surface area contributed by atoms with Gasteiger partial charge in [0.2, 0.25) is 0 Å². The van der Waals surface area contributed by atoms with Gasteiger partial charge in [-0.1, -0.05) is 0 Å². The van der Waals surface area contributed by atoms with E-state index in [1.807, 2.05) is 0 Å². The van der Waals surface area contributed by atoms with Crippen molar-refractivity contribution in [2.45, 2.75) is 45.0 Å². The summed E-state index contributed by atoms with van der Waals surface area (Å²) in [5.41, 5.74) is 5.86. The Morgan fingerprint density at radius 3 is 2.43 bits per heavy atom. The van der Waals surface area contributed by atoms with E-state index in [1.165, 1.54) is 11.0 Å². The molecule has 0 unspecified atom stereocenters. The summed E-state index contributed by atoms with van der Waals surface area (Å²) < 4.78 is 57.2. The van der Waals surface area contributed by atoms with Crippen LogP contribution in [0.1, 0.15) is 26.7 Å². The van der Waals surface area contributed by atoms with E-state index >= 15 is 0 Å². The summed E-state index contributed by atoms with van der Waals surface area (Å²) in [6, 6.07) is 2.07. The topological polar surface area (TPSA) is 38.5 Å². The van der Waals surface area contributed by atoms with Crippen LogP contribution in [0.15, 0.2) is 12.1 Å². The second-order valence-electron chi connectivity index (χ2n) is 5.48. The molecule has 0 aliphatic heterocycles. The molecular weight excluding hydrogens is 288 g/mol. The van der Waals surface area contributed by atoms with E-state index in [0.29, 0.717) is 12.8 Å². The SMILES string of the molecule is CC(C)Oc1cc(N(CC(F)(F)F)C2CC2)c(N)cc1F. The molecule has 0 heterocycles. The lowest BCUT2D eigenvalue weighted by molar-refractivity contribution is -0.119. The number of anilines is 2. The quantitative estimate of drug-likeness (QED) is 0.665. The highest BCUT2D eigenvalue weighted by atomic mass is 19.4. The van der Waals surface area contributed by atoms with Gasteiger partial charge in [-0.3, -0.25) is 0 Å². The van der Waals surface area contributed by atoms with Gasteiger partial charge >= 0.3 is 6.18 Å². The number of nitrogen functional groups attached to an aromatic ring is 1. The minimum atomic E-state index is -4.34. The number of nitrogens with two attached hydrogens (primary N) is 1. The molecule has 1 aromatic carbocycles. The van der Waals surface area contributed by atoms with Gasteiger partial charge in [0.1, 0.15) is 6.54 Å². The number of halogens is 4. The van der Waals surface area contributed by atoms with Gasteiger partial charge in [0.25, 0.3) is 0 Å². The van der Waals surface area contributed by atoms with Crippen molar-refractivity contribution in [3.8, 4) is 5.75 Å². The smallest absolute Gasteiger partial charge is 0.405 e. The van der Waals surface area contributed by atoms with Crippen LogP contribution < -0.4 is 15.4 Å². The third-order valence-corrected chi connectivity index (χ3v) is 3.09. The number of rotatable bonds is 5. The summed E-state index contributed by atoms with van der Waals surface area (Å²) in [6.45, 7) is 2.32. The molecule has 0 radical (unpaired) electrons. The molecule has 0 aromatic heterocycles. The van der Waals surface area contributed by atoms with Crippen molar-refractivity contribution in [2.75, 3.05) is 17.2 Å². The van der Waals surface area contributed by atoms with Crippen LogP contribution in [0.3, 0.4) is 0 Å². The molecule has 1 aliphatic rings. The van der Waals surface area contributed by atoms with Crippen LogP contribution in [0, 0.1) is 5.82 Å². The Morgan fingerprint density at radius 2 is 1.95 bits per heavy atom. The monoisotopic (exact) mass is 306 g/mol. The van der Waals surface area contributed by atoms with Gasteiger partial charge in [0, 0.05) is 18.2 Å². The van der Waals surface area contributed by atoms with Crippen LogP contribution in [0.2, 0.25) is 0 Å². The third kappa shape index (κ3) is 4.15. The molecule has 0 bridgehead atoms. The number of hydrogen-bond acceptors (Lipinski definition) is 3. The van der Waals surface area contributed by atoms with Crippen molar-refractivity contribution in [3.63, 3.8) is 0 Å². The normalized spacial score (nSPS) is 15.4. The standard InChI is InChI=1S/C14H18F4N2O/c1-8(2)21-13-6-12(11(19)5-10(13)15)20(9-3-4-9)7-14(16,17)18/h5-6,8-9H,3-4,7,19H2,1-2H3. The first-order valence-electron chi connectivity index (χ1n) is 6.76. The molecule has 1 aliphatic carbocycles. The number of ether oxygens (including phenoxy) is 1. The van der Waals surface area contributed by atoms with E-state index in [1.54, 1.807) is 13.8 Å². The fourth-order valence-corrected chi connectivity index (χ4v) is 2.14. The second-order valence-corrected chi connectivity index (χ2v) is 5.48. The Kier molecular flexibility index (Phi) is 4.20. The van der Waals surface area contributed by atoms with Crippen LogP contribution in [-0.4, -0.2) is 24.9 Å². The maximum atomic E-state index is 13.8. The van der Waals surface area contributed by atoms with Crippen molar-refractivity contribution >= 4 is 11.4 Å². The number of hydrogen-bond donors (Lipinski definition) is 1. The minimum Gasteiger partial charge on any atom is -0.488 e. The molecule has 7 heteroatoms. The zero-order valence-corrected chi connectivity index (χ0v) is 11.9. The Hall–Kier alpha value is -1.66. The summed E-state index contributed by atoms with van der Waals surface area (Å²) >= 11 is 0. The van der Waals surface area contributed by atoms with E-state index in [2.05, 4.69) is 0 Å². The average Bonchev–Trinajstić information content (AvgIpc) is 3.12. The first-order chi connectivity index (χ1) is 9.67. The second kappa shape index (κ2) is 5.61. The highest BCUT2D eigenvalue weighted by Crippen LogP contribution is 2.39. The first kappa shape index (κ1) is 15.7. The average molecular weight is 306 g/mol. The lowest BCUT2D eigenvalue weighted by atomic mass is 10.2. The minimum absolute atomic E-state index is 0.0141. The molecule has 1 saturated carbocycles. The molecule has 3 nitrogen and oxygen atoms in total. The molecule has 21 heavy (non-hydrogen) atoms. The maximum Gasteiger partial charge on any atom is 0.405 e. The largest absolute Gasteiger partial charge is 0.488 e. The lowest BCUT2D eigenvalue weighted by Crippen LogP contribution is -2.36. The highest BCUT2D eigenvalue weighted by molar-refractivity contribution is 5.71. The van der Waals surface area contributed by atoms with Crippen molar-refractivity contribution in [1.29, 1.82) is 0 Å². The van der Waals surface area contributed by atoms with Gasteiger partial charge < -0.3 is 15.4 Å². The van der Waals surface area contributed by atoms with Gasteiger partial charge in [-0.15, -0.1) is 0 Å². The van der Waals surface area contributed by atoms with Crippen molar-refractivity contribution in [3.05, 3.63) is 17.9 Å². The van der Waals surface area contributed by atoms with Crippen molar-refractivity contribution < 1.29 is 22.3 Å². The molecule has 0 spiro atoms. The number of alkyl halides is 3. The molecule has 1 aromatic rings. The highest BCUT2D eigenvalue weighted by Gasteiger charge is 2.39. The lowest BCUT2D eigenvalue weighted by Gasteiger charge is -2.28. The van der Waals surface area contributed by atoms with Gasteiger partial charge in [-0.25, -0.2) is 4.39 Å². The fraction of sp³-hybridized carbons (Fsp3) is 0.571. The van der Waals surface area contributed by atoms with Crippen molar-refractivity contribution in [1.82, 2.24) is 0 Å². The van der Waals surface area contributed by atoms with Crippen LogP contribution in [-0.2, 0) is 0 Å². The molecule has 2 N–H and O–H groups in total. The van der Waals surface area contributed by atoms with Crippen LogP contribution in [0.5, 0.6) is 5.75 Å². The van der Waals surface area contributed by atoms with Crippen LogP contribution in [0.25, 0.3) is 0 Å². The van der Waals surface area contributed by atoms with Crippen molar-refractivity contribution in [2.24, 2.45) is 0 Å². The first-order valence-corrected chi connectivity index (χ1v) is 6.76. The van der Waals surface area contributed by atoms with Crippen LogP contribution >= 0.6 is 0 Å². The molecule has 0 saturated heterocycles. The Balaban J connectivity index is 2.35. The predicted octanol–water partition coefficient (Wildman–Crippen LogP) is 3.73. The van der Waals surface area contributed by atoms with Crippen LogP contribution in [0.4, 0.5) is 28.9 Å². The Morgan fingerprint density at radius 1 is 1.33 bits per heavy atom. The van der Waals surface area contributed by atoms with Gasteiger partial charge in [0.15, 0.2) is 11.6 Å². The Bertz CT molecular complexity index is 512. The van der Waals surface area contributed by atoms with Gasteiger partial charge in [-0.05, 0) is 26.7 Å². The molecular formula is C14H18F4N2O. The van der Waals surface area contributed by atoms with E-state index in [9.17, 15) is 17.6 Å². The summed E-state index contributed by atoms with van der Waals surface area (Å²) in [5, 5.41) is 0. The maximum absolute atomic E-state index is 13.8. The molecule has 118 valence electrons. The summed E-state index contributed by atoms with van der Waals surface area (Å²) in [5.74, 6) is -0.755. The molecule has 2 rings (SSSR count). The van der Waals surface area contributed by atoms with E-state index in [0.717, 1.165) is 6.07 Å². The van der Waals surface area contributed by atoms with Gasteiger partial charge in [0.05, 0.1) is 17.5 Å². The predicted molar refractivity (Wildman–Crippen MR) is 73.0 cm³/mol. The zero-order chi connectivity index (χ0) is 15.8.